The summed E-state index contributed by atoms with van der Waals surface area (Å²) in [6, 6.07) is 16.6. The Labute approximate surface area is 233 Å². The minimum Gasteiger partial charge on any atom is -0.300 e. The number of nitrogens with zero attached hydrogens (tertiary/aromatic N) is 3. The van der Waals surface area contributed by atoms with Crippen molar-refractivity contribution in [2.75, 3.05) is 0 Å². The van der Waals surface area contributed by atoms with E-state index >= 15 is 0 Å². The highest BCUT2D eigenvalue weighted by Crippen LogP contribution is 2.50. The highest BCUT2D eigenvalue weighted by molar-refractivity contribution is 7.14. The van der Waals surface area contributed by atoms with Crippen LogP contribution in [0, 0.1) is 5.92 Å². The lowest BCUT2D eigenvalue weighted by atomic mass is 9.76. The average Bonchev–Trinajstić information content (AvgIpc) is 3.39. The largest absolute Gasteiger partial charge is 0.334 e. The van der Waals surface area contributed by atoms with Crippen LogP contribution in [0.4, 0.5) is 4.79 Å². The molecule has 0 spiro atoms. The number of aromatic nitrogens is 1. The lowest BCUT2D eigenvalue weighted by Crippen LogP contribution is -2.68. The molecule has 6 nitrogen and oxygen atoms in total. The molecule has 2 aromatic carbocycles. The number of urea groups is 1. The minimum atomic E-state index is -0.951. The SMILES string of the molecule is CC1(C)c2cc(CC3C(=O)N(C(C)(C)C)C(=O)N(C(C)(C)C)C3=O)sc2-n2c3ccccc3c3cccc1c32. The van der Waals surface area contributed by atoms with E-state index in [2.05, 4.69) is 66.9 Å². The molecule has 2 aliphatic rings. The first-order valence-electron chi connectivity index (χ1n) is 13.5. The van der Waals surface area contributed by atoms with Gasteiger partial charge in [-0.3, -0.25) is 19.4 Å². The van der Waals surface area contributed by atoms with Gasteiger partial charge in [0.05, 0.1) is 11.0 Å². The molecule has 1 saturated heterocycles. The van der Waals surface area contributed by atoms with Crippen molar-refractivity contribution in [1.82, 2.24) is 14.4 Å². The Morgan fingerprint density at radius 2 is 1.38 bits per heavy atom. The number of fused-ring (bicyclic) bond motifs is 5. The van der Waals surface area contributed by atoms with Crippen molar-refractivity contribution < 1.29 is 14.4 Å². The van der Waals surface area contributed by atoms with E-state index in [1.54, 1.807) is 11.3 Å². The molecule has 202 valence electrons. The number of hydrogen-bond donors (Lipinski definition) is 0. The van der Waals surface area contributed by atoms with Gasteiger partial charge < -0.3 is 4.57 Å². The summed E-state index contributed by atoms with van der Waals surface area (Å²) >= 11 is 1.65. The highest BCUT2D eigenvalue weighted by Gasteiger charge is 2.52. The van der Waals surface area contributed by atoms with Crippen LogP contribution in [0.15, 0.2) is 48.5 Å². The molecule has 6 rings (SSSR count). The van der Waals surface area contributed by atoms with Gasteiger partial charge in [-0.05, 0) is 64.8 Å². The lowest BCUT2D eigenvalue weighted by Gasteiger charge is -2.47. The van der Waals surface area contributed by atoms with Gasteiger partial charge in [-0.15, -0.1) is 11.3 Å². The first-order chi connectivity index (χ1) is 18.1. The Hall–Kier alpha value is -3.45. The van der Waals surface area contributed by atoms with Gasteiger partial charge in [-0.1, -0.05) is 50.2 Å². The summed E-state index contributed by atoms with van der Waals surface area (Å²) < 4.78 is 2.35. The number of carbonyl (C=O) groups is 3. The van der Waals surface area contributed by atoms with Crippen molar-refractivity contribution in [3.63, 3.8) is 0 Å². The normalized spacial score (nSPS) is 18.0. The molecule has 0 unspecified atom stereocenters. The second kappa shape index (κ2) is 8.04. The Balaban J connectivity index is 1.50. The topological polar surface area (TPSA) is 62.6 Å². The second-order valence-electron chi connectivity index (χ2n) is 13.3. The van der Waals surface area contributed by atoms with Gasteiger partial charge in [-0.25, -0.2) is 4.79 Å². The van der Waals surface area contributed by atoms with Crippen molar-refractivity contribution >= 4 is 51.0 Å². The highest BCUT2D eigenvalue weighted by atomic mass is 32.1. The summed E-state index contributed by atoms with van der Waals surface area (Å²) in [5.41, 5.74) is 3.09. The lowest BCUT2D eigenvalue weighted by molar-refractivity contribution is -0.155. The zero-order valence-electron chi connectivity index (χ0n) is 23.9. The van der Waals surface area contributed by atoms with Crippen LogP contribution < -0.4 is 0 Å². The van der Waals surface area contributed by atoms with Crippen LogP contribution in [0.5, 0.6) is 0 Å². The van der Waals surface area contributed by atoms with E-state index in [1.165, 1.54) is 37.2 Å². The Morgan fingerprint density at radius 3 is 2.00 bits per heavy atom. The van der Waals surface area contributed by atoms with Gasteiger partial charge in [-0.2, -0.15) is 0 Å². The van der Waals surface area contributed by atoms with Gasteiger partial charge in [0, 0.05) is 38.6 Å². The van der Waals surface area contributed by atoms with Crippen molar-refractivity contribution in [2.45, 2.75) is 78.3 Å². The Kier molecular flexibility index (Phi) is 5.32. The maximum atomic E-state index is 13.8. The van der Waals surface area contributed by atoms with Crippen LogP contribution in [0.1, 0.15) is 71.4 Å². The van der Waals surface area contributed by atoms with Crippen molar-refractivity contribution in [2.24, 2.45) is 5.92 Å². The molecule has 0 radical (unpaired) electrons. The van der Waals surface area contributed by atoms with Crippen LogP contribution in [-0.2, 0) is 21.4 Å². The fourth-order valence-electron chi connectivity index (χ4n) is 6.34. The molecule has 4 aromatic rings. The van der Waals surface area contributed by atoms with Gasteiger partial charge in [0.1, 0.15) is 10.9 Å². The van der Waals surface area contributed by atoms with Crippen LogP contribution in [0.25, 0.3) is 26.8 Å². The summed E-state index contributed by atoms with van der Waals surface area (Å²) in [7, 11) is 0. The molecule has 0 N–H and O–H groups in total. The molecular weight excluding hydrogens is 506 g/mol. The maximum Gasteiger partial charge on any atom is 0.334 e. The molecule has 1 fully saturated rings. The summed E-state index contributed by atoms with van der Waals surface area (Å²) in [6.45, 7) is 15.5. The fourth-order valence-corrected chi connectivity index (χ4v) is 7.72. The molecule has 0 bridgehead atoms. The van der Waals surface area contributed by atoms with Crippen LogP contribution in [0.3, 0.4) is 0 Å². The number of carbonyl (C=O) groups excluding carboxylic acids is 3. The van der Waals surface area contributed by atoms with E-state index in [4.69, 9.17) is 0 Å². The first kappa shape index (κ1) is 25.8. The van der Waals surface area contributed by atoms with E-state index in [1.807, 2.05) is 41.5 Å². The number of barbiturate groups is 1. The van der Waals surface area contributed by atoms with E-state index < -0.39 is 34.8 Å². The molecule has 4 amide bonds. The predicted molar refractivity (Wildman–Crippen MR) is 157 cm³/mol. The quantitative estimate of drug-likeness (QED) is 0.256. The Bertz CT molecular complexity index is 1670. The van der Waals surface area contributed by atoms with Crippen molar-refractivity contribution in [3.8, 4) is 5.00 Å². The average molecular weight is 542 g/mol. The van der Waals surface area contributed by atoms with Gasteiger partial charge in [0.15, 0.2) is 0 Å². The molecule has 2 aromatic heterocycles. The van der Waals surface area contributed by atoms with E-state index in [-0.39, 0.29) is 11.8 Å². The molecule has 0 atom stereocenters. The molecule has 0 aliphatic carbocycles. The smallest absolute Gasteiger partial charge is 0.300 e. The maximum absolute atomic E-state index is 13.8. The number of hydrogen-bond acceptors (Lipinski definition) is 4. The number of rotatable bonds is 2. The van der Waals surface area contributed by atoms with Crippen molar-refractivity contribution in [3.05, 3.63) is 64.5 Å². The Morgan fingerprint density at radius 1 is 0.795 bits per heavy atom. The summed E-state index contributed by atoms with van der Waals surface area (Å²) in [5.74, 6) is -1.78. The molecule has 7 heteroatoms. The zero-order valence-corrected chi connectivity index (χ0v) is 24.7. The van der Waals surface area contributed by atoms with E-state index in [0.717, 1.165) is 15.4 Å². The number of imide groups is 2. The molecule has 4 heterocycles. The third kappa shape index (κ3) is 3.55. The zero-order chi connectivity index (χ0) is 28.2. The third-order valence-corrected chi connectivity index (χ3v) is 9.32. The van der Waals surface area contributed by atoms with E-state index in [9.17, 15) is 14.4 Å². The molecular formula is C32H35N3O3S. The third-order valence-electron chi connectivity index (χ3n) is 8.17. The van der Waals surface area contributed by atoms with E-state index in [0.29, 0.717) is 0 Å². The summed E-state index contributed by atoms with van der Waals surface area (Å²) in [6.07, 6.45) is 0.260. The molecule has 39 heavy (non-hydrogen) atoms. The number of amides is 4. The fraction of sp³-hybridized carbons (Fsp3) is 0.406. The van der Waals surface area contributed by atoms with Gasteiger partial charge >= 0.3 is 6.03 Å². The minimum absolute atomic E-state index is 0.251. The summed E-state index contributed by atoms with van der Waals surface area (Å²) in [4.78, 5) is 44.5. The number of thiophene rings is 1. The monoisotopic (exact) mass is 541 g/mol. The van der Waals surface area contributed by atoms with Crippen LogP contribution in [-0.4, -0.2) is 43.3 Å². The van der Waals surface area contributed by atoms with Crippen LogP contribution >= 0.6 is 11.3 Å². The second-order valence-corrected chi connectivity index (χ2v) is 14.5. The van der Waals surface area contributed by atoms with Gasteiger partial charge in [0.25, 0.3) is 0 Å². The predicted octanol–water partition coefficient (Wildman–Crippen LogP) is 7.03. The number of para-hydroxylation sites is 2. The molecule has 2 aliphatic heterocycles. The summed E-state index contributed by atoms with van der Waals surface area (Å²) in [5, 5.41) is 3.58. The number of benzene rings is 2. The van der Waals surface area contributed by atoms with Gasteiger partial charge in [0.2, 0.25) is 11.8 Å². The van der Waals surface area contributed by atoms with Crippen molar-refractivity contribution in [1.29, 1.82) is 0 Å². The van der Waals surface area contributed by atoms with Crippen LogP contribution in [0.2, 0.25) is 0 Å². The molecule has 0 saturated carbocycles. The first-order valence-corrected chi connectivity index (χ1v) is 14.3. The standard InChI is InChI=1S/C32H35N3O3S/c1-30(2,3)34-26(36)21(27(37)35(29(34)38)31(4,5)6)16-18-17-23-28(39-18)33-24-15-10-9-12-19(24)20-13-11-14-22(25(20)33)32(23,7)8/h9-15,17,21H,16H2,1-8H3.